The summed E-state index contributed by atoms with van der Waals surface area (Å²) in [5, 5.41) is 3.74. The predicted octanol–water partition coefficient (Wildman–Crippen LogP) is 4.91. The number of ether oxygens (including phenoxy) is 4. The van der Waals surface area contributed by atoms with Gasteiger partial charge in [-0.15, -0.1) is 0 Å². The Balaban J connectivity index is 1.40. The second-order valence-electron chi connectivity index (χ2n) is 10.2. The fourth-order valence-corrected chi connectivity index (χ4v) is 5.14. The molecule has 1 saturated heterocycles. The number of benzene rings is 2. The Labute approximate surface area is 210 Å². The highest BCUT2D eigenvalue weighted by Crippen LogP contribution is 2.44. The molecule has 2 aromatic carbocycles. The average Bonchev–Trinajstić information content (AvgIpc) is 3.56. The Morgan fingerprint density at radius 3 is 2.54 bits per heavy atom. The molecule has 3 fully saturated rings. The van der Waals surface area contributed by atoms with Crippen LogP contribution in [-0.2, 0) is 37.0 Å². The fraction of sp³-hybridized carbons (Fsp3) is 0.519. The summed E-state index contributed by atoms with van der Waals surface area (Å²) < 4.78 is 38.9. The number of carbonyl (C=O) groups is 1. The van der Waals surface area contributed by atoms with Gasteiger partial charge < -0.3 is 24.3 Å². The molecule has 2 aliphatic carbocycles. The number of rotatable bonds is 8. The zero-order valence-corrected chi connectivity index (χ0v) is 20.7. The molecule has 1 N–H and O–H groups in total. The number of hydrogen-bond acceptors (Lipinski definition) is 5. The van der Waals surface area contributed by atoms with Gasteiger partial charge in [-0.05, 0) is 62.1 Å². The molecule has 1 amide bonds. The number of hydrogen-bond donors (Lipinski definition) is 1. The summed E-state index contributed by atoms with van der Waals surface area (Å²) in [5.41, 5.74) is 0.385. The molecule has 35 heavy (non-hydrogen) atoms. The fourth-order valence-electron chi connectivity index (χ4n) is 4.93. The van der Waals surface area contributed by atoms with Crippen LogP contribution in [0.3, 0.4) is 0 Å². The van der Waals surface area contributed by atoms with Crippen molar-refractivity contribution in [3.63, 3.8) is 0 Å². The van der Waals surface area contributed by atoms with Crippen LogP contribution in [0.1, 0.15) is 50.7 Å². The zero-order chi connectivity index (χ0) is 24.6. The van der Waals surface area contributed by atoms with E-state index < -0.39 is 17.5 Å². The molecule has 5 rings (SSSR count). The maximum Gasteiger partial charge on any atom is 0.252 e. The summed E-state index contributed by atoms with van der Waals surface area (Å²) in [5.74, 6) is -1.33. The largest absolute Gasteiger partial charge is 0.371 e. The lowest BCUT2D eigenvalue weighted by molar-refractivity contribution is -0.183. The molecule has 1 heterocycles. The molecule has 188 valence electrons. The van der Waals surface area contributed by atoms with Crippen LogP contribution in [0, 0.1) is 5.82 Å². The first kappa shape index (κ1) is 24.7. The van der Waals surface area contributed by atoms with E-state index in [4.69, 9.17) is 30.5 Å². The van der Waals surface area contributed by atoms with Gasteiger partial charge in [0.1, 0.15) is 11.9 Å². The molecule has 8 heteroatoms. The van der Waals surface area contributed by atoms with E-state index in [1.165, 1.54) is 12.1 Å². The van der Waals surface area contributed by atoms with Gasteiger partial charge in [0, 0.05) is 23.9 Å². The van der Waals surface area contributed by atoms with Crippen molar-refractivity contribution in [3.8, 4) is 0 Å². The van der Waals surface area contributed by atoms with Crippen LogP contribution in [0.15, 0.2) is 48.5 Å². The summed E-state index contributed by atoms with van der Waals surface area (Å²) in [6.45, 7) is 4.12. The molecular weight excluding hydrogens is 473 g/mol. The molecule has 6 nitrogen and oxygen atoms in total. The summed E-state index contributed by atoms with van der Waals surface area (Å²) in [7, 11) is 0. The topological polar surface area (TPSA) is 66.0 Å². The minimum absolute atomic E-state index is 0.0957. The molecule has 1 aliphatic heterocycles. The van der Waals surface area contributed by atoms with Gasteiger partial charge in [-0.1, -0.05) is 35.9 Å². The third-order valence-corrected chi connectivity index (χ3v) is 6.97. The van der Waals surface area contributed by atoms with Crippen LogP contribution < -0.4 is 5.32 Å². The van der Waals surface area contributed by atoms with E-state index in [1.807, 2.05) is 38.1 Å². The van der Waals surface area contributed by atoms with Gasteiger partial charge >= 0.3 is 0 Å². The molecule has 0 bridgehead atoms. The first-order valence-electron chi connectivity index (χ1n) is 12.1. The second kappa shape index (κ2) is 9.79. The lowest BCUT2D eigenvalue weighted by Gasteiger charge is -2.43. The minimum atomic E-state index is -1.20. The van der Waals surface area contributed by atoms with Crippen molar-refractivity contribution in [3.05, 3.63) is 70.5 Å². The van der Waals surface area contributed by atoms with E-state index in [0.717, 1.165) is 18.4 Å². The van der Waals surface area contributed by atoms with Crippen LogP contribution >= 0.6 is 11.6 Å². The van der Waals surface area contributed by atoms with Gasteiger partial charge in [0.2, 0.25) is 0 Å². The highest BCUT2D eigenvalue weighted by atomic mass is 35.5. The van der Waals surface area contributed by atoms with Gasteiger partial charge in [0.15, 0.2) is 11.4 Å². The molecule has 0 aromatic heterocycles. The Morgan fingerprint density at radius 1 is 1.09 bits per heavy atom. The average molecular weight is 504 g/mol. The SMILES string of the molecule is CC1(C)O[C@H]2[C@H](OCc3cccc(Cl)c3)C[C@](OCc3cccc(F)c3)(C(=O)NC3CC3)C[C@H]2O1. The lowest BCUT2D eigenvalue weighted by atomic mass is 9.78. The maximum atomic E-state index is 13.8. The van der Waals surface area contributed by atoms with E-state index in [0.29, 0.717) is 30.0 Å². The van der Waals surface area contributed by atoms with Crippen molar-refractivity contribution >= 4 is 17.5 Å². The molecule has 0 spiro atoms. The summed E-state index contributed by atoms with van der Waals surface area (Å²) in [6.07, 6.45) is 1.35. The van der Waals surface area contributed by atoms with Gasteiger partial charge in [-0.25, -0.2) is 4.39 Å². The van der Waals surface area contributed by atoms with E-state index in [9.17, 15) is 9.18 Å². The normalized spacial score (nSPS) is 29.5. The minimum Gasteiger partial charge on any atom is -0.371 e. The number of amides is 1. The maximum absolute atomic E-state index is 13.8. The Bertz CT molecular complexity index is 1080. The Morgan fingerprint density at radius 2 is 1.83 bits per heavy atom. The van der Waals surface area contributed by atoms with Crippen molar-refractivity contribution in [1.82, 2.24) is 5.32 Å². The van der Waals surface area contributed by atoms with Gasteiger partial charge in [-0.3, -0.25) is 4.79 Å². The molecule has 2 aromatic rings. The number of carbonyl (C=O) groups excluding carboxylic acids is 1. The molecule has 0 radical (unpaired) electrons. The second-order valence-corrected chi connectivity index (χ2v) is 10.6. The third kappa shape index (κ3) is 5.87. The Hall–Kier alpha value is -2.03. The Kier molecular flexibility index (Phi) is 6.90. The highest BCUT2D eigenvalue weighted by Gasteiger charge is 2.58. The van der Waals surface area contributed by atoms with Gasteiger partial charge in [0.25, 0.3) is 5.91 Å². The molecule has 0 unspecified atom stereocenters. The zero-order valence-electron chi connectivity index (χ0n) is 20.0. The van der Waals surface area contributed by atoms with E-state index in [-0.39, 0.29) is 36.6 Å². The highest BCUT2D eigenvalue weighted by molar-refractivity contribution is 6.30. The van der Waals surface area contributed by atoms with Crippen molar-refractivity contribution in [1.29, 1.82) is 0 Å². The number of halogens is 2. The van der Waals surface area contributed by atoms with Crippen molar-refractivity contribution in [2.24, 2.45) is 0 Å². The van der Waals surface area contributed by atoms with Gasteiger partial charge in [-0.2, -0.15) is 0 Å². The van der Waals surface area contributed by atoms with Gasteiger partial charge in [0.05, 0.1) is 25.4 Å². The molecular formula is C27H31ClFNO5. The summed E-state index contributed by atoms with van der Waals surface area (Å²) in [6, 6.07) is 13.9. The van der Waals surface area contributed by atoms with Crippen LogP contribution in [0.4, 0.5) is 4.39 Å². The predicted molar refractivity (Wildman–Crippen MR) is 128 cm³/mol. The van der Waals surface area contributed by atoms with Crippen LogP contribution in [0.25, 0.3) is 0 Å². The van der Waals surface area contributed by atoms with Crippen molar-refractivity contribution in [2.45, 2.75) is 88.5 Å². The summed E-state index contributed by atoms with van der Waals surface area (Å²) >= 11 is 6.14. The number of nitrogens with one attached hydrogen (secondary N) is 1. The lowest BCUT2D eigenvalue weighted by Crippen LogP contribution is -2.60. The monoisotopic (exact) mass is 503 g/mol. The van der Waals surface area contributed by atoms with Crippen LogP contribution in [-0.4, -0.2) is 41.6 Å². The van der Waals surface area contributed by atoms with E-state index >= 15 is 0 Å². The molecule has 4 atom stereocenters. The standard InChI is InChI=1S/C27H31ClFNO5/c1-26(2)34-23-14-27(25(31)30-21-9-10-21,33-16-18-6-4-8-20(29)12-18)13-22(24(23)35-26)32-15-17-5-3-7-19(28)11-17/h3-8,11-12,21-24H,9-10,13-16H2,1-2H3,(H,30,31)/t22-,23-,24+,27-/m1/s1. The van der Waals surface area contributed by atoms with Crippen LogP contribution in [0.5, 0.6) is 0 Å². The number of fused-ring (bicyclic) bond motifs is 1. The quantitative estimate of drug-likeness (QED) is 0.554. The third-order valence-electron chi connectivity index (χ3n) is 6.73. The molecule has 3 aliphatic rings. The first-order chi connectivity index (χ1) is 16.7. The van der Waals surface area contributed by atoms with E-state index in [1.54, 1.807) is 12.1 Å². The van der Waals surface area contributed by atoms with Crippen molar-refractivity contribution in [2.75, 3.05) is 0 Å². The summed E-state index contributed by atoms with van der Waals surface area (Å²) in [4.78, 5) is 13.6. The van der Waals surface area contributed by atoms with Crippen LogP contribution in [0.2, 0.25) is 5.02 Å². The molecule has 2 saturated carbocycles. The first-order valence-corrected chi connectivity index (χ1v) is 12.5. The smallest absolute Gasteiger partial charge is 0.252 e. The van der Waals surface area contributed by atoms with E-state index in [2.05, 4.69) is 5.32 Å². The van der Waals surface area contributed by atoms with Crippen molar-refractivity contribution < 1.29 is 28.1 Å².